The maximum atomic E-state index is 2.54. The molecule has 2 nitrogen and oxygen atoms in total. The lowest BCUT2D eigenvalue weighted by atomic mass is 10.1. The Kier molecular flexibility index (Phi) is 3.34. The average Bonchev–Trinajstić information content (AvgIpc) is 2.05. The van der Waals surface area contributed by atoms with E-state index in [0.29, 0.717) is 0 Å². The lowest BCUT2D eigenvalue weighted by Crippen LogP contribution is -2.50. The van der Waals surface area contributed by atoms with Crippen LogP contribution in [0.1, 0.15) is 20.3 Å². The van der Waals surface area contributed by atoms with Crippen molar-refractivity contribution in [1.29, 1.82) is 0 Å². The monoisotopic (exact) mass is 156 g/mol. The fraction of sp³-hybridized carbons (Fsp3) is 1.00. The van der Waals surface area contributed by atoms with Crippen LogP contribution in [0.3, 0.4) is 0 Å². The number of hydrogen-bond donors (Lipinski definition) is 0. The molecule has 0 aromatic rings. The van der Waals surface area contributed by atoms with Gasteiger partial charge >= 0.3 is 0 Å². The van der Waals surface area contributed by atoms with Gasteiger partial charge in [-0.3, -0.25) is 0 Å². The van der Waals surface area contributed by atoms with Gasteiger partial charge in [0.25, 0.3) is 0 Å². The molecule has 0 spiro atoms. The Morgan fingerprint density at radius 2 is 2.00 bits per heavy atom. The minimum atomic E-state index is 0.795. The Balaban J connectivity index is 2.37. The highest BCUT2D eigenvalue weighted by Gasteiger charge is 2.20. The Morgan fingerprint density at radius 1 is 1.27 bits per heavy atom. The summed E-state index contributed by atoms with van der Waals surface area (Å²) >= 11 is 0. The lowest BCUT2D eigenvalue weighted by Gasteiger charge is -2.38. The summed E-state index contributed by atoms with van der Waals surface area (Å²) in [5, 5.41) is 0. The van der Waals surface area contributed by atoms with Gasteiger partial charge in [-0.1, -0.05) is 13.8 Å². The van der Waals surface area contributed by atoms with Crippen molar-refractivity contribution in [3.05, 3.63) is 0 Å². The van der Waals surface area contributed by atoms with Crippen LogP contribution in [0.2, 0.25) is 0 Å². The molecule has 1 atom stereocenters. The van der Waals surface area contributed by atoms with Gasteiger partial charge in [0.1, 0.15) is 0 Å². The van der Waals surface area contributed by atoms with Crippen molar-refractivity contribution in [1.82, 2.24) is 9.80 Å². The number of nitrogens with zero attached hydrogens (tertiary/aromatic N) is 2. The Bertz CT molecular complexity index is 114. The molecule has 1 rings (SSSR count). The van der Waals surface area contributed by atoms with Crippen molar-refractivity contribution in [2.75, 3.05) is 33.2 Å². The summed E-state index contributed by atoms with van der Waals surface area (Å²) in [4.78, 5) is 5.01. The molecule has 2 heteroatoms. The molecule has 0 N–H and O–H groups in total. The summed E-state index contributed by atoms with van der Waals surface area (Å²) in [5.74, 6) is 0. The Hall–Kier alpha value is -0.0800. The molecule has 1 aliphatic rings. The van der Waals surface area contributed by atoms with Gasteiger partial charge in [-0.05, 0) is 20.0 Å². The Labute approximate surface area is 70.2 Å². The third-order valence-corrected chi connectivity index (χ3v) is 2.78. The second-order valence-corrected chi connectivity index (χ2v) is 3.44. The molecule has 0 unspecified atom stereocenters. The summed E-state index contributed by atoms with van der Waals surface area (Å²) in [6.45, 7) is 9.50. The third kappa shape index (κ3) is 2.17. The van der Waals surface area contributed by atoms with E-state index >= 15 is 0 Å². The number of hydrogen-bond acceptors (Lipinski definition) is 2. The minimum Gasteiger partial charge on any atom is -0.301 e. The molecule has 0 bridgehead atoms. The molecule has 0 radical (unpaired) electrons. The fourth-order valence-corrected chi connectivity index (χ4v) is 1.74. The first-order valence-electron chi connectivity index (χ1n) is 4.70. The second-order valence-electron chi connectivity index (χ2n) is 3.44. The molecule has 1 fully saturated rings. The van der Waals surface area contributed by atoms with E-state index in [9.17, 15) is 0 Å². The van der Waals surface area contributed by atoms with Crippen molar-refractivity contribution in [2.24, 2.45) is 0 Å². The van der Waals surface area contributed by atoms with Gasteiger partial charge in [0.05, 0.1) is 0 Å². The van der Waals surface area contributed by atoms with Crippen molar-refractivity contribution in [3.8, 4) is 0 Å². The second kappa shape index (κ2) is 4.07. The highest BCUT2D eigenvalue weighted by molar-refractivity contribution is 4.77. The standard InChI is InChI=1S/C9H20N2/c1-4-9-8-11(5-2)7-6-10(9)3/h9H,4-8H2,1-3H3/t9-/m1/s1. The van der Waals surface area contributed by atoms with Gasteiger partial charge in [-0.25, -0.2) is 0 Å². The van der Waals surface area contributed by atoms with Gasteiger partial charge in [0.2, 0.25) is 0 Å². The predicted octanol–water partition coefficient (Wildman–Crippen LogP) is 1.03. The number of likely N-dealkylation sites (N-methyl/N-ethyl adjacent to an activating group) is 2. The van der Waals surface area contributed by atoms with Gasteiger partial charge in [0, 0.05) is 25.7 Å². The van der Waals surface area contributed by atoms with Gasteiger partial charge in [0.15, 0.2) is 0 Å². The molecule has 0 aromatic heterocycles. The van der Waals surface area contributed by atoms with Crippen LogP contribution in [-0.4, -0.2) is 49.1 Å². The minimum absolute atomic E-state index is 0.795. The normalized spacial score (nSPS) is 29.2. The molecule has 0 aliphatic carbocycles. The lowest BCUT2D eigenvalue weighted by molar-refractivity contribution is 0.0973. The van der Waals surface area contributed by atoms with Crippen molar-refractivity contribution < 1.29 is 0 Å². The maximum Gasteiger partial charge on any atom is 0.0218 e. The molecule has 66 valence electrons. The molecule has 11 heavy (non-hydrogen) atoms. The average molecular weight is 156 g/mol. The quantitative estimate of drug-likeness (QED) is 0.589. The molecular weight excluding hydrogens is 136 g/mol. The maximum absolute atomic E-state index is 2.54. The molecular formula is C9H20N2. The highest BCUT2D eigenvalue weighted by Crippen LogP contribution is 2.09. The first kappa shape index (κ1) is 9.01. The fourth-order valence-electron chi connectivity index (χ4n) is 1.74. The van der Waals surface area contributed by atoms with E-state index in [1.165, 1.54) is 32.6 Å². The van der Waals surface area contributed by atoms with E-state index < -0.39 is 0 Å². The van der Waals surface area contributed by atoms with E-state index in [1.807, 2.05) is 0 Å². The van der Waals surface area contributed by atoms with Gasteiger partial charge < -0.3 is 9.80 Å². The van der Waals surface area contributed by atoms with Gasteiger partial charge in [-0.15, -0.1) is 0 Å². The van der Waals surface area contributed by atoms with E-state index in [2.05, 4.69) is 30.7 Å². The highest BCUT2D eigenvalue weighted by atomic mass is 15.3. The first-order valence-corrected chi connectivity index (χ1v) is 4.70. The Morgan fingerprint density at radius 3 is 2.55 bits per heavy atom. The summed E-state index contributed by atoms with van der Waals surface area (Å²) < 4.78 is 0. The van der Waals surface area contributed by atoms with Crippen molar-refractivity contribution >= 4 is 0 Å². The van der Waals surface area contributed by atoms with Gasteiger partial charge in [-0.2, -0.15) is 0 Å². The molecule has 1 saturated heterocycles. The van der Waals surface area contributed by atoms with Crippen LogP contribution in [0.5, 0.6) is 0 Å². The van der Waals surface area contributed by atoms with Crippen molar-refractivity contribution in [3.63, 3.8) is 0 Å². The van der Waals surface area contributed by atoms with Crippen LogP contribution in [0, 0.1) is 0 Å². The first-order chi connectivity index (χ1) is 5.27. The van der Waals surface area contributed by atoms with E-state index in [1.54, 1.807) is 0 Å². The van der Waals surface area contributed by atoms with Crippen LogP contribution in [-0.2, 0) is 0 Å². The number of rotatable bonds is 2. The van der Waals surface area contributed by atoms with E-state index in [0.717, 1.165) is 6.04 Å². The molecule has 1 aliphatic heterocycles. The summed E-state index contributed by atoms with van der Waals surface area (Å²) in [6, 6.07) is 0.795. The molecule has 0 amide bonds. The topological polar surface area (TPSA) is 6.48 Å². The largest absolute Gasteiger partial charge is 0.301 e. The van der Waals surface area contributed by atoms with E-state index in [-0.39, 0.29) is 0 Å². The summed E-state index contributed by atoms with van der Waals surface area (Å²) in [7, 11) is 2.24. The number of piperazine rings is 1. The van der Waals surface area contributed by atoms with E-state index in [4.69, 9.17) is 0 Å². The van der Waals surface area contributed by atoms with Crippen molar-refractivity contribution in [2.45, 2.75) is 26.3 Å². The third-order valence-electron chi connectivity index (χ3n) is 2.78. The van der Waals surface area contributed by atoms with Crippen LogP contribution in [0.25, 0.3) is 0 Å². The molecule has 0 aromatic carbocycles. The predicted molar refractivity (Wildman–Crippen MR) is 48.8 cm³/mol. The smallest absolute Gasteiger partial charge is 0.0218 e. The summed E-state index contributed by atoms with van der Waals surface area (Å²) in [5.41, 5.74) is 0. The summed E-state index contributed by atoms with van der Waals surface area (Å²) in [6.07, 6.45) is 1.28. The van der Waals surface area contributed by atoms with Crippen LogP contribution < -0.4 is 0 Å². The zero-order valence-electron chi connectivity index (χ0n) is 8.01. The molecule has 1 heterocycles. The molecule has 0 saturated carbocycles. The van der Waals surface area contributed by atoms with Crippen LogP contribution in [0.4, 0.5) is 0 Å². The van der Waals surface area contributed by atoms with Crippen LogP contribution in [0.15, 0.2) is 0 Å². The van der Waals surface area contributed by atoms with Crippen LogP contribution >= 0.6 is 0 Å². The zero-order valence-corrected chi connectivity index (χ0v) is 8.01. The zero-order chi connectivity index (χ0) is 8.27. The SMILES string of the molecule is CC[C@@H]1CN(CC)CCN1C.